The summed E-state index contributed by atoms with van der Waals surface area (Å²) in [6.45, 7) is 2.06. The Hall–Kier alpha value is -0.410. The van der Waals surface area contributed by atoms with Crippen molar-refractivity contribution in [2.45, 2.75) is 63.8 Å². The first-order chi connectivity index (χ1) is 8.12. The monoisotopic (exact) mass is 250 g/mol. The summed E-state index contributed by atoms with van der Waals surface area (Å²) in [7, 11) is 0. The second-order valence-electron chi connectivity index (χ2n) is 6.16. The Bertz CT molecular complexity index is 394. The maximum atomic E-state index is 6.59. The molecule has 2 aliphatic rings. The van der Waals surface area contributed by atoms with Gasteiger partial charge < -0.3 is 5.73 Å². The Kier molecular flexibility index (Phi) is 2.79. The molecule has 2 saturated carbocycles. The number of aromatic nitrogens is 1. The number of nitrogens with two attached hydrogens (primary N) is 1. The van der Waals surface area contributed by atoms with E-state index < -0.39 is 0 Å². The fourth-order valence-corrected chi connectivity index (χ4v) is 4.62. The van der Waals surface area contributed by atoms with Crippen LogP contribution in [0.25, 0.3) is 0 Å². The van der Waals surface area contributed by atoms with Gasteiger partial charge in [0.2, 0.25) is 0 Å². The Morgan fingerprint density at radius 1 is 1.12 bits per heavy atom. The fraction of sp³-hybridized carbons (Fsp3) is 0.786. The second-order valence-corrected chi connectivity index (χ2v) is 7.02. The highest BCUT2D eigenvalue weighted by atomic mass is 32.1. The molecule has 2 nitrogen and oxygen atoms in total. The molecular weight excluding hydrogens is 228 g/mol. The molecule has 0 aliphatic heterocycles. The van der Waals surface area contributed by atoms with Crippen LogP contribution in [0.1, 0.15) is 62.1 Å². The van der Waals surface area contributed by atoms with Gasteiger partial charge in [0.15, 0.2) is 0 Å². The summed E-state index contributed by atoms with van der Waals surface area (Å²) < 4.78 is 0. The van der Waals surface area contributed by atoms with E-state index in [1.165, 1.54) is 43.5 Å². The van der Waals surface area contributed by atoms with E-state index in [9.17, 15) is 0 Å². The largest absolute Gasteiger partial charge is 0.319 e. The molecular formula is C14H22N2S. The van der Waals surface area contributed by atoms with Crippen molar-refractivity contribution in [2.24, 2.45) is 11.1 Å². The summed E-state index contributed by atoms with van der Waals surface area (Å²) in [6, 6.07) is 0. The molecule has 3 heteroatoms. The number of hydrogen-bond donors (Lipinski definition) is 1. The molecule has 1 aromatic heterocycles. The molecule has 0 bridgehead atoms. The van der Waals surface area contributed by atoms with Crippen molar-refractivity contribution in [1.29, 1.82) is 0 Å². The van der Waals surface area contributed by atoms with Crippen LogP contribution >= 0.6 is 11.3 Å². The van der Waals surface area contributed by atoms with E-state index >= 15 is 0 Å². The van der Waals surface area contributed by atoms with Crippen LogP contribution in [0.4, 0.5) is 0 Å². The molecule has 2 N–H and O–H groups in total. The van der Waals surface area contributed by atoms with Gasteiger partial charge in [-0.25, -0.2) is 4.98 Å². The van der Waals surface area contributed by atoms with Crippen molar-refractivity contribution in [1.82, 2.24) is 4.98 Å². The van der Waals surface area contributed by atoms with E-state index in [-0.39, 0.29) is 5.54 Å². The Balaban J connectivity index is 1.75. The molecule has 17 heavy (non-hydrogen) atoms. The molecule has 0 atom stereocenters. The maximum Gasteiger partial charge on any atom is 0.113 e. The molecule has 1 heterocycles. The van der Waals surface area contributed by atoms with Crippen LogP contribution in [-0.2, 0) is 5.54 Å². The van der Waals surface area contributed by atoms with Gasteiger partial charge in [-0.15, -0.1) is 11.3 Å². The molecule has 0 amide bonds. The predicted octanol–water partition coefficient (Wildman–Crippen LogP) is 3.74. The van der Waals surface area contributed by atoms with Crippen molar-refractivity contribution < 1.29 is 0 Å². The van der Waals surface area contributed by atoms with Crippen LogP contribution < -0.4 is 5.73 Å². The van der Waals surface area contributed by atoms with Crippen LogP contribution in [-0.4, -0.2) is 4.98 Å². The third-order valence-corrected chi connectivity index (χ3v) is 6.09. The zero-order valence-electron chi connectivity index (χ0n) is 10.7. The molecule has 0 unspecified atom stereocenters. The minimum atomic E-state index is -0.118. The van der Waals surface area contributed by atoms with Crippen molar-refractivity contribution in [3.05, 3.63) is 16.1 Å². The average Bonchev–Trinajstić information content (AvgIpc) is 2.94. The fourth-order valence-electron chi connectivity index (χ4n) is 3.65. The number of thiazole rings is 1. The lowest BCUT2D eigenvalue weighted by atomic mass is 9.67. The summed E-state index contributed by atoms with van der Waals surface area (Å²) in [6.07, 6.45) is 10.7. The van der Waals surface area contributed by atoms with E-state index in [0.29, 0.717) is 5.41 Å². The highest BCUT2D eigenvalue weighted by Gasteiger charge is 2.43. The van der Waals surface area contributed by atoms with E-state index in [2.05, 4.69) is 17.3 Å². The smallest absolute Gasteiger partial charge is 0.113 e. The third kappa shape index (κ3) is 2.04. The molecule has 1 spiro atoms. The number of aryl methyl sites for hydroxylation is 1. The van der Waals surface area contributed by atoms with Gasteiger partial charge in [-0.1, -0.05) is 12.8 Å². The van der Waals surface area contributed by atoms with Gasteiger partial charge in [0.1, 0.15) is 5.01 Å². The van der Waals surface area contributed by atoms with Crippen molar-refractivity contribution in [3.63, 3.8) is 0 Å². The average molecular weight is 250 g/mol. The first-order valence-corrected chi connectivity index (χ1v) is 7.72. The molecule has 2 aliphatic carbocycles. The highest BCUT2D eigenvalue weighted by Crippen LogP contribution is 2.52. The molecule has 0 aromatic carbocycles. The maximum absolute atomic E-state index is 6.59. The lowest BCUT2D eigenvalue weighted by molar-refractivity contribution is 0.134. The molecule has 0 saturated heterocycles. The quantitative estimate of drug-likeness (QED) is 0.824. The number of rotatable bonds is 1. The minimum Gasteiger partial charge on any atom is -0.319 e. The van der Waals surface area contributed by atoms with E-state index in [0.717, 1.165) is 18.5 Å². The summed E-state index contributed by atoms with van der Waals surface area (Å²) in [4.78, 5) is 4.61. The number of nitrogens with zero attached hydrogens (tertiary/aromatic N) is 1. The Labute approximate surface area is 108 Å². The lowest BCUT2D eigenvalue weighted by Crippen LogP contribution is -2.43. The number of hydrogen-bond acceptors (Lipinski definition) is 3. The van der Waals surface area contributed by atoms with Gasteiger partial charge in [0, 0.05) is 11.1 Å². The van der Waals surface area contributed by atoms with Crippen LogP contribution in [0.15, 0.2) is 5.38 Å². The normalized spacial score (nSPS) is 26.5. The van der Waals surface area contributed by atoms with Crippen LogP contribution in [0.3, 0.4) is 0 Å². The van der Waals surface area contributed by atoms with Crippen molar-refractivity contribution in [3.8, 4) is 0 Å². The summed E-state index contributed by atoms with van der Waals surface area (Å²) in [5.74, 6) is 0. The molecule has 3 rings (SSSR count). The third-order valence-electron chi connectivity index (χ3n) is 4.91. The molecule has 1 aromatic rings. The van der Waals surface area contributed by atoms with E-state index in [1.807, 2.05) is 0 Å². The Morgan fingerprint density at radius 2 is 1.76 bits per heavy atom. The standard InChI is InChI=1S/C14H22N2S/c1-11-10-17-12(16-11)14(15)8-6-13(7-9-14)4-2-3-5-13/h10H,2-9,15H2,1H3. The first kappa shape index (κ1) is 11.7. The van der Waals surface area contributed by atoms with Gasteiger partial charge in [-0.2, -0.15) is 0 Å². The molecule has 2 fully saturated rings. The second kappa shape index (κ2) is 4.06. The predicted molar refractivity (Wildman–Crippen MR) is 72.1 cm³/mol. The molecule has 0 radical (unpaired) electrons. The van der Waals surface area contributed by atoms with Crippen LogP contribution in [0.2, 0.25) is 0 Å². The van der Waals surface area contributed by atoms with Crippen LogP contribution in [0, 0.1) is 12.3 Å². The Morgan fingerprint density at radius 3 is 2.29 bits per heavy atom. The topological polar surface area (TPSA) is 38.9 Å². The van der Waals surface area contributed by atoms with Crippen LogP contribution in [0.5, 0.6) is 0 Å². The van der Waals surface area contributed by atoms with Gasteiger partial charge in [-0.05, 0) is 50.9 Å². The molecule has 94 valence electrons. The highest BCUT2D eigenvalue weighted by molar-refractivity contribution is 7.09. The zero-order valence-corrected chi connectivity index (χ0v) is 11.5. The zero-order chi connectivity index (χ0) is 11.9. The summed E-state index contributed by atoms with van der Waals surface area (Å²) in [5, 5.41) is 3.30. The summed E-state index contributed by atoms with van der Waals surface area (Å²) >= 11 is 1.75. The SMILES string of the molecule is Cc1csc(C2(N)CCC3(CCCC3)CC2)n1. The van der Waals surface area contributed by atoms with Crippen molar-refractivity contribution in [2.75, 3.05) is 0 Å². The van der Waals surface area contributed by atoms with Gasteiger partial charge >= 0.3 is 0 Å². The van der Waals surface area contributed by atoms with Gasteiger partial charge in [0.25, 0.3) is 0 Å². The summed E-state index contributed by atoms with van der Waals surface area (Å²) in [5.41, 5.74) is 8.26. The van der Waals surface area contributed by atoms with Gasteiger partial charge in [0.05, 0.1) is 5.54 Å². The first-order valence-electron chi connectivity index (χ1n) is 6.84. The van der Waals surface area contributed by atoms with Gasteiger partial charge in [-0.3, -0.25) is 0 Å². The lowest BCUT2D eigenvalue weighted by Gasteiger charge is -2.42. The van der Waals surface area contributed by atoms with E-state index in [1.54, 1.807) is 11.3 Å². The van der Waals surface area contributed by atoms with Crippen molar-refractivity contribution >= 4 is 11.3 Å². The minimum absolute atomic E-state index is 0.118. The van der Waals surface area contributed by atoms with E-state index in [4.69, 9.17) is 5.73 Å².